The molecule has 0 saturated heterocycles. The predicted octanol–water partition coefficient (Wildman–Crippen LogP) is 3.02. The van der Waals surface area contributed by atoms with Gasteiger partial charge in [-0.3, -0.25) is 9.69 Å². The lowest BCUT2D eigenvalue weighted by molar-refractivity contribution is -0.139. The van der Waals surface area contributed by atoms with Crippen LogP contribution in [0.4, 0.5) is 4.79 Å². The zero-order chi connectivity index (χ0) is 19.9. The summed E-state index contributed by atoms with van der Waals surface area (Å²) in [4.78, 5) is 25.4. The van der Waals surface area contributed by atoms with Gasteiger partial charge in [0.15, 0.2) is 0 Å². The number of nitrogens with one attached hydrogen (secondary N) is 2. The van der Waals surface area contributed by atoms with Crippen LogP contribution in [-0.2, 0) is 11.2 Å². The number of carbonyl (C=O) groups is 2. The molecule has 154 valence electrons. The molecule has 1 aromatic carbocycles. The summed E-state index contributed by atoms with van der Waals surface area (Å²) in [6, 6.07) is 11.1. The van der Waals surface area contributed by atoms with Crippen molar-refractivity contribution in [1.29, 1.82) is 0 Å². The van der Waals surface area contributed by atoms with E-state index < -0.39 is 5.97 Å². The van der Waals surface area contributed by atoms with E-state index in [2.05, 4.69) is 34.9 Å². The van der Waals surface area contributed by atoms with E-state index in [9.17, 15) is 9.59 Å². The summed E-state index contributed by atoms with van der Waals surface area (Å²) in [6.45, 7) is 2.77. The topological polar surface area (TPSA) is 81.7 Å². The van der Waals surface area contributed by atoms with Crippen molar-refractivity contribution < 1.29 is 14.7 Å². The van der Waals surface area contributed by atoms with Gasteiger partial charge in [-0.05, 0) is 50.1 Å². The lowest BCUT2D eigenvalue weighted by Gasteiger charge is -2.42. The molecule has 2 fully saturated rings. The Kier molecular flexibility index (Phi) is 7.31. The van der Waals surface area contributed by atoms with Gasteiger partial charge in [-0.1, -0.05) is 50.1 Å². The van der Waals surface area contributed by atoms with Gasteiger partial charge in [0, 0.05) is 18.1 Å². The number of likely N-dealkylation sites (N-methyl/N-ethyl adjacent to an activating group) is 1. The quantitative estimate of drug-likeness (QED) is 0.640. The van der Waals surface area contributed by atoms with Gasteiger partial charge in [-0.2, -0.15) is 0 Å². The lowest BCUT2D eigenvalue weighted by Crippen LogP contribution is -2.57. The zero-order valence-corrected chi connectivity index (χ0v) is 16.8. The van der Waals surface area contributed by atoms with Gasteiger partial charge in [0.05, 0.1) is 6.54 Å². The van der Waals surface area contributed by atoms with Gasteiger partial charge >= 0.3 is 12.0 Å². The fourth-order valence-corrected chi connectivity index (χ4v) is 4.63. The summed E-state index contributed by atoms with van der Waals surface area (Å²) in [6.07, 6.45) is 7.27. The Morgan fingerprint density at radius 2 is 1.82 bits per heavy atom. The molecule has 0 heterocycles. The maximum Gasteiger partial charge on any atom is 0.317 e. The van der Waals surface area contributed by atoms with E-state index >= 15 is 0 Å². The number of carboxylic acids is 1. The van der Waals surface area contributed by atoms with Gasteiger partial charge in [0.1, 0.15) is 0 Å². The molecule has 6 nitrogen and oxygen atoms in total. The second kappa shape index (κ2) is 9.92. The summed E-state index contributed by atoms with van der Waals surface area (Å²) in [7, 11) is 0. The van der Waals surface area contributed by atoms with Crippen LogP contribution in [0.25, 0.3) is 0 Å². The van der Waals surface area contributed by atoms with Crippen molar-refractivity contribution in [2.75, 3.05) is 13.1 Å². The predicted molar refractivity (Wildman–Crippen MR) is 109 cm³/mol. The molecule has 2 amide bonds. The first kappa shape index (κ1) is 20.6. The van der Waals surface area contributed by atoms with Gasteiger partial charge < -0.3 is 15.7 Å². The van der Waals surface area contributed by atoms with E-state index in [0.29, 0.717) is 5.92 Å². The Balaban J connectivity index is 1.44. The van der Waals surface area contributed by atoms with Crippen molar-refractivity contribution >= 4 is 12.0 Å². The highest BCUT2D eigenvalue weighted by Gasteiger charge is 2.35. The van der Waals surface area contributed by atoms with E-state index in [-0.39, 0.29) is 30.7 Å². The highest BCUT2D eigenvalue weighted by Crippen LogP contribution is 2.28. The van der Waals surface area contributed by atoms with Crippen molar-refractivity contribution in [2.24, 2.45) is 5.92 Å². The first-order valence-corrected chi connectivity index (χ1v) is 10.6. The Morgan fingerprint density at radius 1 is 1.11 bits per heavy atom. The minimum atomic E-state index is -0.794. The first-order chi connectivity index (χ1) is 13.5. The smallest absolute Gasteiger partial charge is 0.317 e. The molecule has 1 aromatic rings. The third-order valence-corrected chi connectivity index (χ3v) is 6.28. The second-order valence-corrected chi connectivity index (χ2v) is 8.24. The Morgan fingerprint density at radius 3 is 2.50 bits per heavy atom. The molecule has 0 radical (unpaired) electrons. The van der Waals surface area contributed by atoms with Crippen molar-refractivity contribution in [3.63, 3.8) is 0 Å². The van der Waals surface area contributed by atoms with Crippen molar-refractivity contribution in [3.8, 4) is 0 Å². The van der Waals surface area contributed by atoms with Gasteiger partial charge in [-0.25, -0.2) is 4.79 Å². The van der Waals surface area contributed by atoms with Crippen LogP contribution < -0.4 is 10.6 Å². The van der Waals surface area contributed by atoms with E-state index in [0.717, 1.165) is 38.6 Å². The number of carbonyl (C=O) groups excluding carboxylic acids is 1. The molecular formula is C22H33N3O3. The Bertz CT molecular complexity index is 646. The summed E-state index contributed by atoms with van der Waals surface area (Å²) in [5, 5.41) is 15.3. The highest BCUT2D eigenvalue weighted by molar-refractivity contribution is 5.74. The number of aliphatic carboxylic acids is 1. The van der Waals surface area contributed by atoms with Crippen LogP contribution in [0, 0.1) is 5.92 Å². The molecule has 3 rings (SSSR count). The molecule has 3 N–H and O–H groups in total. The van der Waals surface area contributed by atoms with Crippen LogP contribution in [-0.4, -0.2) is 53.2 Å². The highest BCUT2D eigenvalue weighted by atomic mass is 16.4. The second-order valence-electron chi connectivity index (χ2n) is 8.24. The summed E-state index contributed by atoms with van der Waals surface area (Å²) < 4.78 is 0. The molecule has 2 saturated carbocycles. The molecule has 28 heavy (non-hydrogen) atoms. The average molecular weight is 388 g/mol. The molecule has 2 aliphatic carbocycles. The molecule has 0 spiro atoms. The van der Waals surface area contributed by atoms with Gasteiger partial charge in [-0.15, -0.1) is 0 Å². The molecule has 2 aliphatic rings. The third-order valence-electron chi connectivity index (χ3n) is 6.28. The number of hydrogen-bond donors (Lipinski definition) is 3. The number of urea groups is 1. The van der Waals surface area contributed by atoms with Gasteiger partial charge in [0.2, 0.25) is 0 Å². The number of rotatable bonds is 8. The van der Waals surface area contributed by atoms with Crippen molar-refractivity contribution in [1.82, 2.24) is 15.5 Å². The van der Waals surface area contributed by atoms with Gasteiger partial charge in [0.25, 0.3) is 0 Å². The van der Waals surface area contributed by atoms with Crippen LogP contribution in [0.2, 0.25) is 0 Å². The maximum absolute atomic E-state index is 12.5. The molecule has 0 bridgehead atoms. The van der Waals surface area contributed by atoms with Crippen LogP contribution in [0.15, 0.2) is 30.3 Å². The molecule has 0 aromatic heterocycles. The summed E-state index contributed by atoms with van der Waals surface area (Å²) in [5.41, 5.74) is 1.33. The monoisotopic (exact) mass is 387 g/mol. The van der Waals surface area contributed by atoms with E-state index in [1.807, 2.05) is 17.9 Å². The normalized spacial score (nSPS) is 27.1. The van der Waals surface area contributed by atoms with Crippen LogP contribution in [0.1, 0.15) is 51.0 Å². The number of hydrogen-bond acceptors (Lipinski definition) is 3. The molecule has 0 aliphatic heterocycles. The number of benzene rings is 1. The fourth-order valence-electron chi connectivity index (χ4n) is 4.63. The summed E-state index contributed by atoms with van der Waals surface area (Å²) >= 11 is 0. The summed E-state index contributed by atoms with van der Waals surface area (Å²) in [5.74, 6) is -0.306. The minimum Gasteiger partial charge on any atom is -0.480 e. The number of carboxylic acid groups (broad SMARTS) is 1. The minimum absolute atomic E-state index is 0.0727. The third kappa shape index (κ3) is 5.71. The first-order valence-electron chi connectivity index (χ1n) is 10.6. The van der Waals surface area contributed by atoms with Crippen LogP contribution >= 0.6 is 0 Å². The molecule has 2 atom stereocenters. The molecule has 6 heteroatoms. The largest absolute Gasteiger partial charge is 0.480 e. The SMILES string of the molecule is CCN(CC(=O)O)C1CC(NC(=O)NC2CCCCC2Cc2ccccc2)C1. The molecule has 2 unspecified atom stereocenters. The fraction of sp³-hybridized carbons (Fsp3) is 0.636. The van der Waals surface area contributed by atoms with E-state index in [1.54, 1.807) is 0 Å². The standard InChI is InChI=1S/C22H33N3O3/c1-2-25(15-21(26)27)19-13-18(14-19)23-22(28)24-20-11-7-6-10-17(20)12-16-8-4-3-5-9-16/h3-5,8-9,17-20H,2,6-7,10-15H2,1H3,(H,26,27)(H2,23,24,28). The average Bonchev–Trinajstić information content (AvgIpc) is 2.65. The lowest BCUT2D eigenvalue weighted by atomic mass is 9.80. The zero-order valence-electron chi connectivity index (χ0n) is 16.8. The molecular weight excluding hydrogens is 354 g/mol. The number of amides is 2. The van der Waals surface area contributed by atoms with E-state index in [1.165, 1.54) is 18.4 Å². The van der Waals surface area contributed by atoms with Crippen molar-refractivity contribution in [2.45, 2.75) is 70.0 Å². The Labute approximate surface area is 167 Å². The van der Waals surface area contributed by atoms with Crippen molar-refractivity contribution in [3.05, 3.63) is 35.9 Å². The maximum atomic E-state index is 12.5. The van der Waals surface area contributed by atoms with Crippen LogP contribution in [0.3, 0.4) is 0 Å². The number of nitrogens with zero attached hydrogens (tertiary/aromatic N) is 1. The van der Waals surface area contributed by atoms with Crippen LogP contribution in [0.5, 0.6) is 0 Å². The Hall–Kier alpha value is -2.08. The van der Waals surface area contributed by atoms with E-state index in [4.69, 9.17) is 5.11 Å².